The fourth-order valence-electron chi connectivity index (χ4n) is 4.99. The number of nitrogens with zero attached hydrogens (tertiary/aromatic N) is 4. The van der Waals surface area contributed by atoms with E-state index in [9.17, 15) is 4.39 Å². The number of aryl methyl sites for hydroxylation is 1. The third-order valence-electron chi connectivity index (χ3n) is 6.68. The third-order valence-corrected chi connectivity index (χ3v) is 6.68. The standard InChI is InChI=1S/C27H26FN5/c1-18-5-6-20-17-21(9-12-23(20)30-18)25-24(19-7-10-22(28)11-8-19)31-27-26(29-13-16-33(25)27)32-14-3-2-4-15-32/h7-13,16-17,30H,1-6,14-15H2. The van der Waals surface area contributed by atoms with Crippen LogP contribution in [-0.2, 0) is 6.42 Å². The first-order chi connectivity index (χ1) is 16.2. The van der Waals surface area contributed by atoms with Gasteiger partial charge in [-0.1, -0.05) is 12.6 Å². The molecule has 4 aromatic rings. The first kappa shape index (κ1) is 20.0. The van der Waals surface area contributed by atoms with Crippen LogP contribution in [0.4, 0.5) is 15.9 Å². The SMILES string of the molecule is C=C1CCc2cc(-c3c(-c4ccc(F)cc4)nc4c(N5CCCCC5)nccn34)ccc2N1. The molecule has 6 rings (SSSR count). The second kappa shape index (κ2) is 8.03. The van der Waals surface area contributed by atoms with Crippen molar-refractivity contribution >= 4 is 17.2 Å². The lowest BCUT2D eigenvalue weighted by molar-refractivity contribution is 0.574. The van der Waals surface area contributed by atoms with E-state index in [4.69, 9.17) is 9.97 Å². The Bertz CT molecular complexity index is 1350. The van der Waals surface area contributed by atoms with Crippen molar-refractivity contribution < 1.29 is 4.39 Å². The average Bonchev–Trinajstić information content (AvgIpc) is 3.24. The Kier molecular flexibility index (Phi) is 4.86. The highest BCUT2D eigenvalue weighted by atomic mass is 19.1. The average molecular weight is 440 g/mol. The minimum absolute atomic E-state index is 0.250. The Hall–Kier alpha value is -3.67. The molecular formula is C27H26FN5. The van der Waals surface area contributed by atoms with Crippen LogP contribution in [0.2, 0.25) is 0 Å². The van der Waals surface area contributed by atoms with E-state index in [0.717, 1.165) is 71.3 Å². The van der Waals surface area contributed by atoms with E-state index in [1.165, 1.54) is 37.0 Å². The predicted molar refractivity (Wildman–Crippen MR) is 131 cm³/mol. The minimum Gasteiger partial charge on any atom is -0.359 e. The molecule has 1 saturated heterocycles. The number of halogens is 1. The van der Waals surface area contributed by atoms with Crippen molar-refractivity contribution in [1.82, 2.24) is 14.4 Å². The molecule has 0 amide bonds. The lowest BCUT2D eigenvalue weighted by Crippen LogP contribution is -2.30. The number of hydrogen-bond acceptors (Lipinski definition) is 4. The van der Waals surface area contributed by atoms with Gasteiger partial charge in [0.1, 0.15) is 5.82 Å². The summed E-state index contributed by atoms with van der Waals surface area (Å²) in [7, 11) is 0. The van der Waals surface area contributed by atoms with Crippen LogP contribution >= 0.6 is 0 Å². The van der Waals surface area contributed by atoms with E-state index in [-0.39, 0.29) is 5.82 Å². The number of rotatable bonds is 3. The molecule has 0 spiro atoms. The van der Waals surface area contributed by atoms with Gasteiger partial charge < -0.3 is 10.2 Å². The van der Waals surface area contributed by atoms with Gasteiger partial charge in [0.25, 0.3) is 0 Å². The van der Waals surface area contributed by atoms with Crippen molar-refractivity contribution in [1.29, 1.82) is 0 Å². The number of aromatic nitrogens is 3. The Labute approximate surface area is 192 Å². The molecule has 0 radical (unpaired) electrons. The first-order valence-electron chi connectivity index (χ1n) is 11.6. The van der Waals surface area contributed by atoms with E-state index >= 15 is 0 Å². The van der Waals surface area contributed by atoms with Crippen molar-refractivity contribution in [2.75, 3.05) is 23.3 Å². The number of imidazole rings is 1. The van der Waals surface area contributed by atoms with Gasteiger partial charge in [0.05, 0.1) is 11.4 Å². The zero-order chi connectivity index (χ0) is 22.4. The van der Waals surface area contributed by atoms with Gasteiger partial charge in [0.2, 0.25) is 0 Å². The van der Waals surface area contributed by atoms with Crippen molar-refractivity contribution in [3.8, 4) is 22.5 Å². The summed E-state index contributed by atoms with van der Waals surface area (Å²) in [6.45, 7) is 6.06. The quantitative estimate of drug-likeness (QED) is 0.421. The molecule has 2 aliphatic rings. The summed E-state index contributed by atoms with van der Waals surface area (Å²) in [6.07, 6.45) is 9.33. The molecule has 1 N–H and O–H groups in total. The maximum atomic E-state index is 13.7. The first-order valence-corrected chi connectivity index (χ1v) is 11.6. The second-order valence-electron chi connectivity index (χ2n) is 8.91. The van der Waals surface area contributed by atoms with Gasteiger partial charge >= 0.3 is 0 Å². The molecule has 0 atom stereocenters. The molecule has 2 aromatic carbocycles. The fourth-order valence-corrected chi connectivity index (χ4v) is 4.99. The summed E-state index contributed by atoms with van der Waals surface area (Å²) in [5.41, 5.74) is 8.11. The van der Waals surface area contributed by atoms with Crippen molar-refractivity contribution in [3.05, 3.63) is 78.5 Å². The molecule has 33 heavy (non-hydrogen) atoms. The summed E-state index contributed by atoms with van der Waals surface area (Å²) in [4.78, 5) is 12.2. The lowest BCUT2D eigenvalue weighted by Gasteiger charge is -2.27. The van der Waals surface area contributed by atoms with Crippen LogP contribution in [-0.4, -0.2) is 27.5 Å². The maximum absolute atomic E-state index is 13.7. The number of allylic oxidation sites excluding steroid dienone is 1. The Balaban J connectivity index is 1.57. The number of hydrogen-bond donors (Lipinski definition) is 1. The third kappa shape index (κ3) is 3.55. The highest BCUT2D eigenvalue weighted by molar-refractivity contribution is 5.85. The fraction of sp³-hybridized carbons (Fsp3) is 0.259. The Morgan fingerprint density at radius 3 is 2.55 bits per heavy atom. The van der Waals surface area contributed by atoms with Gasteiger partial charge in [-0.25, -0.2) is 14.4 Å². The lowest BCUT2D eigenvalue weighted by atomic mass is 9.97. The largest absolute Gasteiger partial charge is 0.359 e. The van der Waals surface area contributed by atoms with Crippen LogP contribution < -0.4 is 10.2 Å². The predicted octanol–water partition coefficient (Wildman–Crippen LogP) is 6.06. The van der Waals surface area contributed by atoms with Crippen molar-refractivity contribution in [2.45, 2.75) is 32.1 Å². The van der Waals surface area contributed by atoms with Crippen LogP contribution in [0.5, 0.6) is 0 Å². The van der Waals surface area contributed by atoms with Gasteiger partial charge in [-0.15, -0.1) is 0 Å². The molecule has 4 heterocycles. The molecular weight excluding hydrogens is 413 g/mol. The van der Waals surface area contributed by atoms with Gasteiger partial charge in [0.15, 0.2) is 11.5 Å². The molecule has 1 fully saturated rings. The molecule has 5 nitrogen and oxygen atoms in total. The smallest absolute Gasteiger partial charge is 0.181 e. The normalized spacial score (nSPS) is 16.0. The minimum atomic E-state index is -0.250. The molecule has 0 saturated carbocycles. The number of piperidine rings is 1. The monoisotopic (exact) mass is 439 g/mol. The Morgan fingerprint density at radius 2 is 1.73 bits per heavy atom. The summed E-state index contributed by atoms with van der Waals surface area (Å²) < 4.78 is 15.8. The van der Waals surface area contributed by atoms with Gasteiger partial charge in [-0.3, -0.25) is 4.40 Å². The number of benzene rings is 2. The highest BCUT2D eigenvalue weighted by Crippen LogP contribution is 2.38. The van der Waals surface area contributed by atoms with Crippen molar-refractivity contribution in [2.24, 2.45) is 0 Å². The van der Waals surface area contributed by atoms with Crippen LogP contribution in [0.15, 0.2) is 67.1 Å². The molecule has 166 valence electrons. The van der Waals surface area contributed by atoms with E-state index in [2.05, 4.69) is 39.4 Å². The van der Waals surface area contributed by atoms with E-state index in [1.54, 1.807) is 12.1 Å². The number of fused-ring (bicyclic) bond motifs is 2. The maximum Gasteiger partial charge on any atom is 0.181 e. The van der Waals surface area contributed by atoms with Gasteiger partial charge in [-0.05, 0) is 74.1 Å². The van der Waals surface area contributed by atoms with Crippen molar-refractivity contribution in [3.63, 3.8) is 0 Å². The molecule has 2 aromatic heterocycles. The topological polar surface area (TPSA) is 45.5 Å². The summed E-state index contributed by atoms with van der Waals surface area (Å²) >= 11 is 0. The zero-order valence-electron chi connectivity index (χ0n) is 18.5. The molecule has 2 aliphatic heterocycles. The second-order valence-corrected chi connectivity index (χ2v) is 8.91. The zero-order valence-corrected chi connectivity index (χ0v) is 18.5. The summed E-state index contributed by atoms with van der Waals surface area (Å²) in [6, 6.07) is 13.1. The summed E-state index contributed by atoms with van der Waals surface area (Å²) in [5, 5.41) is 3.40. The van der Waals surface area contributed by atoms with Gasteiger partial charge in [-0.2, -0.15) is 0 Å². The molecule has 6 heteroatoms. The molecule has 0 aliphatic carbocycles. The summed E-state index contributed by atoms with van der Waals surface area (Å²) in [5.74, 6) is 0.669. The van der Waals surface area contributed by atoms with Crippen LogP contribution in [0.25, 0.3) is 28.2 Å². The van der Waals surface area contributed by atoms with Gasteiger partial charge in [0, 0.05) is 48.0 Å². The molecule has 0 unspecified atom stereocenters. The van der Waals surface area contributed by atoms with E-state index < -0.39 is 0 Å². The Morgan fingerprint density at radius 1 is 0.939 bits per heavy atom. The number of anilines is 2. The van der Waals surface area contributed by atoms with E-state index in [0.29, 0.717) is 0 Å². The number of nitrogens with one attached hydrogen (secondary N) is 1. The van der Waals surface area contributed by atoms with E-state index in [1.807, 2.05) is 12.4 Å². The highest BCUT2D eigenvalue weighted by Gasteiger charge is 2.23. The van der Waals surface area contributed by atoms with Crippen LogP contribution in [0, 0.1) is 5.82 Å². The van der Waals surface area contributed by atoms with Crippen LogP contribution in [0.3, 0.4) is 0 Å². The molecule has 0 bridgehead atoms. The van der Waals surface area contributed by atoms with Crippen LogP contribution in [0.1, 0.15) is 31.2 Å².